The number of urea groups is 1. The first kappa shape index (κ1) is 19.5. The van der Waals surface area contributed by atoms with Crippen LogP contribution in [0.25, 0.3) is 0 Å². The van der Waals surface area contributed by atoms with Gasteiger partial charge in [0.25, 0.3) is 5.91 Å². The Bertz CT molecular complexity index is 980. The molecule has 2 aromatic rings. The molecule has 1 N–H and O–H groups in total. The fraction of sp³-hybridized carbons (Fsp3) is 0.391. The highest BCUT2D eigenvalue weighted by atomic mass is 35.5. The van der Waals surface area contributed by atoms with Crippen molar-refractivity contribution in [3.8, 4) is 0 Å². The average Bonchev–Trinajstić information content (AvgIpc) is 2.98. The van der Waals surface area contributed by atoms with Crippen LogP contribution in [-0.2, 0) is 22.4 Å². The maximum absolute atomic E-state index is 13.3. The number of amides is 3. The van der Waals surface area contributed by atoms with Gasteiger partial charge in [0.05, 0.1) is 19.4 Å². The summed E-state index contributed by atoms with van der Waals surface area (Å²) in [5.74, 6) is -0.114. The Morgan fingerprint density at radius 2 is 1.87 bits per heavy atom. The topological polar surface area (TPSA) is 61.9 Å². The van der Waals surface area contributed by atoms with Crippen LogP contribution >= 0.6 is 11.6 Å². The molecule has 30 heavy (non-hydrogen) atoms. The van der Waals surface area contributed by atoms with Crippen LogP contribution in [0.3, 0.4) is 0 Å². The fourth-order valence-corrected chi connectivity index (χ4v) is 4.87. The third-order valence-electron chi connectivity index (χ3n) is 6.41. The monoisotopic (exact) mass is 425 g/mol. The lowest BCUT2D eigenvalue weighted by Gasteiger charge is -2.35. The van der Waals surface area contributed by atoms with Crippen molar-refractivity contribution in [1.82, 2.24) is 15.1 Å². The third kappa shape index (κ3) is 3.49. The van der Waals surface area contributed by atoms with E-state index in [1.165, 1.54) is 10.5 Å². The van der Waals surface area contributed by atoms with E-state index in [-0.39, 0.29) is 24.7 Å². The summed E-state index contributed by atoms with van der Waals surface area (Å²) in [4.78, 5) is 29.6. The zero-order valence-corrected chi connectivity index (χ0v) is 17.4. The summed E-state index contributed by atoms with van der Waals surface area (Å²) in [6, 6.07) is 15.5. The number of hydrogen-bond acceptors (Lipinski definition) is 4. The molecule has 0 saturated carbocycles. The third-order valence-corrected chi connectivity index (χ3v) is 6.66. The molecule has 2 saturated heterocycles. The predicted octanol–water partition coefficient (Wildman–Crippen LogP) is 3.15. The number of aryl methyl sites for hydroxylation is 1. The van der Waals surface area contributed by atoms with Crippen LogP contribution in [-0.4, -0.2) is 53.6 Å². The van der Waals surface area contributed by atoms with Gasteiger partial charge in [-0.05, 0) is 41.7 Å². The number of rotatable bonds is 3. The molecule has 1 spiro atoms. The van der Waals surface area contributed by atoms with Crippen molar-refractivity contribution in [3.05, 3.63) is 70.2 Å². The minimum absolute atomic E-state index is 0.104. The van der Waals surface area contributed by atoms with Gasteiger partial charge in [-0.1, -0.05) is 48.0 Å². The molecule has 3 amide bonds. The second kappa shape index (κ2) is 7.69. The van der Waals surface area contributed by atoms with E-state index >= 15 is 0 Å². The van der Waals surface area contributed by atoms with E-state index < -0.39 is 5.54 Å². The van der Waals surface area contributed by atoms with E-state index in [9.17, 15) is 9.59 Å². The van der Waals surface area contributed by atoms with Crippen LogP contribution in [0.15, 0.2) is 48.5 Å². The highest BCUT2D eigenvalue weighted by Gasteiger charge is 2.52. The highest BCUT2D eigenvalue weighted by Crippen LogP contribution is 2.34. The summed E-state index contributed by atoms with van der Waals surface area (Å²) in [5.41, 5.74) is 2.64. The Morgan fingerprint density at radius 3 is 2.67 bits per heavy atom. The molecule has 156 valence electrons. The summed E-state index contributed by atoms with van der Waals surface area (Å²) in [7, 11) is 0. The Balaban J connectivity index is 1.29. The molecule has 7 heteroatoms. The average molecular weight is 426 g/mol. The Kier molecular flexibility index (Phi) is 5.01. The molecule has 2 unspecified atom stereocenters. The lowest BCUT2D eigenvalue weighted by molar-refractivity contribution is -0.134. The molecule has 2 aliphatic heterocycles. The second-order valence-corrected chi connectivity index (χ2v) is 8.76. The molecule has 0 radical (unpaired) electrons. The van der Waals surface area contributed by atoms with Gasteiger partial charge >= 0.3 is 6.03 Å². The van der Waals surface area contributed by atoms with E-state index in [4.69, 9.17) is 16.3 Å². The molecule has 2 heterocycles. The van der Waals surface area contributed by atoms with Gasteiger partial charge in [-0.15, -0.1) is 0 Å². The van der Waals surface area contributed by atoms with Crippen molar-refractivity contribution in [2.45, 2.75) is 30.9 Å². The number of nitrogens with zero attached hydrogens (tertiary/aromatic N) is 2. The van der Waals surface area contributed by atoms with Crippen LogP contribution in [0.2, 0.25) is 5.02 Å². The van der Waals surface area contributed by atoms with Crippen molar-refractivity contribution in [2.75, 3.05) is 26.4 Å². The smallest absolute Gasteiger partial charge is 0.326 e. The normalized spacial score (nSPS) is 26.7. The number of fused-ring (bicyclic) bond motifs is 1. The van der Waals surface area contributed by atoms with Crippen molar-refractivity contribution in [3.63, 3.8) is 0 Å². The molecule has 5 rings (SSSR count). The predicted molar refractivity (Wildman–Crippen MR) is 113 cm³/mol. The standard InChI is InChI=1S/C23H24ClN3O3/c24-19-7-5-17(6-8-19)20-14-26(11-12-30-20)15-27-21(28)23(25-22(27)29)10-9-16-3-1-2-4-18(16)13-23/h1-8,20H,9-15H2,(H,25,29). The van der Waals surface area contributed by atoms with Gasteiger partial charge in [0.1, 0.15) is 5.54 Å². The lowest BCUT2D eigenvalue weighted by atomic mass is 9.78. The Hall–Kier alpha value is -2.41. The first-order chi connectivity index (χ1) is 14.5. The number of nitrogens with one attached hydrogen (secondary N) is 1. The zero-order chi connectivity index (χ0) is 20.7. The SMILES string of the molecule is O=C1NC2(CCc3ccccc3C2)C(=O)N1CN1CCOC(c2ccc(Cl)cc2)C1. The van der Waals surface area contributed by atoms with E-state index in [2.05, 4.69) is 22.3 Å². The van der Waals surface area contributed by atoms with E-state index in [0.29, 0.717) is 37.6 Å². The zero-order valence-electron chi connectivity index (χ0n) is 16.6. The van der Waals surface area contributed by atoms with E-state index in [0.717, 1.165) is 17.5 Å². The molecular formula is C23H24ClN3O3. The molecule has 6 nitrogen and oxygen atoms in total. The number of hydrogen-bond donors (Lipinski definition) is 1. The van der Waals surface area contributed by atoms with Gasteiger partial charge in [0.15, 0.2) is 0 Å². The number of carbonyl (C=O) groups excluding carboxylic acids is 2. The second-order valence-electron chi connectivity index (χ2n) is 8.32. The van der Waals surface area contributed by atoms with E-state index in [1.54, 1.807) is 0 Å². The summed E-state index contributed by atoms with van der Waals surface area (Å²) in [6.07, 6.45) is 1.89. The van der Waals surface area contributed by atoms with Crippen molar-refractivity contribution in [2.24, 2.45) is 0 Å². The van der Waals surface area contributed by atoms with Crippen molar-refractivity contribution < 1.29 is 14.3 Å². The van der Waals surface area contributed by atoms with Gasteiger partial charge in [0, 0.05) is 24.5 Å². The van der Waals surface area contributed by atoms with Gasteiger partial charge < -0.3 is 10.1 Å². The summed E-state index contributed by atoms with van der Waals surface area (Å²) in [6.45, 7) is 2.13. The largest absolute Gasteiger partial charge is 0.371 e. The van der Waals surface area contributed by atoms with Gasteiger partial charge in [-0.2, -0.15) is 0 Å². The van der Waals surface area contributed by atoms with Crippen LogP contribution in [0, 0.1) is 0 Å². The summed E-state index contributed by atoms with van der Waals surface area (Å²) >= 11 is 5.99. The van der Waals surface area contributed by atoms with Crippen molar-refractivity contribution in [1.29, 1.82) is 0 Å². The summed E-state index contributed by atoms with van der Waals surface area (Å²) < 4.78 is 5.91. The Labute approximate surface area is 180 Å². The van der Waals surface area contributed by atoms with Gasteiger partial charge in [0.2, 0.25) is 0 Å². The minimum Gasteiger partial charge on any atom is -0.371 e. The van der Waals surface area contributed by atoms with Gasteiger partial charge in [-0.25, -0.2) is 9.69 Å². The molecule has 0 bridgehead atoms. The molecule has 0 aromatic heterocycles. The van der Waals surface area contributed by atoms with Crippen molar-refractivity contribution >= 4 is 23.5 Å². The molecule has 1 aliphatic carbocycles. The van der Waals surface area contributed by atoms with Crippen LogP contribution in [0.4, 0.5) is 4.79 Å². The van der Waals surface area contributed by atoms with Gasteiger partial charge in [-0.3, -0.25) is 9.69 Å². The first-order valence-electron chi connectivity index (χ1n) is 10.3. The maximum Gasteiger partial charge on any atom is 0.326 e. The first-order valence-corrected chi connectivity index (χ1v) is 10.7. The van der Waals surface area contributed by atoms with Crippen LogP contribution in [0.5, 0.6) is 0 Å². The maximum atomic E-state index is 13.3. The van der Waals surface area contributed by atoms with Crippen LogP contribution in [0.1, 0.15) is 29.2 Å². The molecule has 2 fully saturated rings. The highest BCUT2D eigenvalue weighted by molar-refractivity contribution is 6.30. The lowest BCUT2D eigenvalue weighted by Crippen LogP contribution is -2.52. The number of morpholine rings is 1. The number of benzene rings is 2. The Morgan fingerprint density at radius 1 is 1.10 bits per heavy atom. The minimum atomic E-state index is -0.812. The molecule has 2 aromatic carbocycles. The molecule has 3 aliphatic rings. The molecule has 2 atom stereocenters. The number of imide groups is 1. The molecular weight excluding hydrogens is 402 g/mol. The van der Waals surface area contributed by atoms with Crippen LogP contribution < -0.4 is 5.32 Å². The number of halogens is 1. The fourth-order valence-electron chi connectivity index (χ4n) is 4.74. The summed E-state index contributed by atoms with van der Waals surface area (Å²) in [5, 5.41) is 3.70. The number of carbonyl (C=O) groups is 2. The number of ether oxygens (including phenoxy) is 1. The van der Waals surface area contributed by atoms with E-state index in [1.807, 2.05) is 36.4 Å². The quantitative estimate of drug-likeness (QED) is 0.767.